The number of carbonyl (C=O) groups excluding carboxylic acids is 3. The van der Waals surface area contributed by atoms with Gasteiger partial charge in [0.05, 0.1) is 13.0 Å². The number of ether oxygens (including phenoxy) is 1. The van der Waals surface area contributed by atoms with Gasteiger partial charge in [-0.2, -0.15) is 0 Å². The first-order valence-electron chi connectivity index (χ1n) is 7.76. The van der Waals surface area contributed by atoms with Crippen LogP contribution in [-0.2, 0) is 19.1 Å². The van der Waals surface area contributed by atoms with Gasteiger partial charge in [0.15, 0.2) is 0 Å². The number of nitrogens with one attached hydrogen (secondary N) is 1. The lowest BCUT2D eigenvalue weighted by molar-refractivity contribution is -0.141. The van der Waals surface area contributed by atoms with Crippen LogP contribution >= 0.6 is 0 Å². The van der Waals surface area contributed by atoms with Crippen LogP contribution in [-0.4, -0.2) is 48.9 Å². The van der Waals surface area contributed by atoms with Crippen LogP contribution in [0.3, 0.4) is 0 Å². The summed E-state index contributed by atoms with van der Waals surface area (Å²) in [6, 6.07) is 0.290. The molecule has 0 aromatic heterocycles. The Hall–Kier alpha value is -1.59. The lowest BCUT2D eigenvalue weighted by atomic mass is 10.1. The fraction of sp³-hybridized carbons (Fsp3) is 0.800. The van der Waals surface area contributed by atoms with Crippen molar-refractivity contribution in [2.75, 3.05) is 20.2 Å². The lowest BCUT2D eigenvalue weighted by Gasteiger charge is -2.27. The van der Waals surface area contributed by atoms with Crippen molar-refractivity contribution in [1.29, 1.82) is 0 Å². The summed E-state index contributed by atoms with van der Waals surface area (Å²) in [5.74, 6) is -0.983. The van der Waals surface area contributed by atoms with E-state index in [1.165, 1.54) is 20.0 Å². The number of hydrogen-bond acceptors (Lipinski definition) is 4. The second-order valence-corrected chi connectivity index (χ2v) is 5.89. The number of hydrogen-bond donors (Lipinski definition) is 1. The Bertz CT molecular complexity index is 402. The Balaban J connectivity index is 1.86. The molecule has 6 nitrogen and oxygen atoms in total. The molecular formula is C15H24N2O4. The van der Waals surface area contributed by atoms with Gasteiger partial charge >= 0.3 is 5.97 Å². The molecule has 2 fully saturated rings. The molecule has 1 saturated heterocycles. The Morgan fingerprint density at radius 3 is 2.52 bits per heavy atom. The zero-order valence-electron chi connectivity index (χ0n) is 12.6. The van der Waals surface area contributed by atoms with Gasteiger partial charge < -0.3 is 15.0 Å². The molecule has 0 spiro atoms. The van der Waals surface area contributed by atoms with Gasteiger partial charge in [0.25, 0.3) is 0 Å². The standard InChI is InChI=1S/C15H24N2O4/c1-21-14(19)9-16-15(20)11-8-13(18)17(10-11)12-6-4-2-3-5-7-12/h11-12H,2-10H2,1H3,(H,16,20). The van der Waals surface area contributed by atoms with Gasteiger partial charge in [0.1, 0.15) is 6.54 Å². The fourth-order valence-corrected chi connectivity index (χ4v) is 3.21. The summed E-state index contributed by atoms with van der Waals surface area (Å²) in [5, 5.41) is 2.54. The monoisotopic (exact) mass is 296 g/mol. The second-order valence-electron chi connectivity index (χ2n) is 5.89. The molecule has 6 heteroatoms. The van der Waals surface area contributed by atoms with Crippen LogP contribution in [0.4, 0.5) is 0 Å². The van der Waals surface area contributed by atoms with Crippen LogP contribution in [0.25, 0.3) is 0 Å². The topological polar surface area (TPSA) is 75.7 Å². The number of amides is 2. The molecule has 0 aromatic carbocycles. The minimum absolute atomic E-state index is 0.0696. The summed E-state index contributed by atoms with van der Waals surface area (Å²) in [7, 11) is 1.28. The van der Waals surface area contributed by atoms with Crippen LogP contribution in [0.1, 0.15) is 44.9 Å². The number of rotatable bonds is 4. The quantitative estimate of drug-likeness (QED) is 0.616. The van der Waals surface area contributed by atoms with Crippen molar-refractivity contribution < 1.29 is 19.1 Å². The third-order valence-electron chi connectivity index (χ3n) is 4.43. The number of methoxy groups -OCH3 is 1. The minimum atomic E-state index is -0.478. The summed E-state index contributed by atoms with van der Waals surface area (Å²) < 4.78 is 4.48. The first-order valence-corrected chi connectivity index (χ1v) is 7.76. The van der Waals surface area contributed by atoms with Crippen LogP contribution in [0, 0.1) is 5.92 Å². The third-order valence-corrected chi connectivity index (χ3v) is 4.43. The van der Waals surface area contributed by atoms with Crippen molar-refractivity contribution in [1.82, 2.24) is 10.2 Å². The SMILES string of the molecule is COC(=O)CNC(=O)C1CC(=O)N(C2CCCCCC2)C1. The predicted molar refractivity (Wildman–Crippen MR) is 76.3 cm³/mol. The zero-order valence-corrected chi connectivity index (χ0v) is 12.6. The molecule has 2 rings (SSSR count). The molecule has 1 heterocycles. The summed E-state index contributed by atoms with van der Waals surface area (Å²) in [6.45, 7) is 0.347. The van der Waals surface area contributed by atoms with Gasteiger partial charge in [0.2, 0.25) is 11.8 Å². The summed E-state index contributed by atoms with van der Waals surface area (Å²) in [5.41, 5.74) is 0. The molecule has 1 saturated carbocycles. The van der Waals surface area contributed by atoms with Crippen molar-refractivity contribution in [3.8, 4) is 0 Å². The van der Waals surface area contributed by atoms with E-state index in [4.69, 9.17) is 0 Å². The molecule has 0 bridgehead atoms. The lowest BCUT2D eigenvalue weighted by Crippen LogP contribution is -2.39. The van der Waals surface area contributed by atoms with Gasteiger partial charge in [-0.3, -0.25) is 14.4 Å². The predicted octanol–water partition coefficient (Wildman–Crippen LogP) is 0.847. The summed E-state index contributed by atoms with van der Waals surface area (Å²) in [6.07, 6.45) is 7.14. The maximum atomic E-state index is 12.1. The molecule has 2 aliphatic rings. The van der Waals surface area contributed by atoms with E-state index in [-0.39, 0.29) is 30.7 Å². The van der Waals surface area contributed by atoms with Crippen molar-refractivity contribution in [2.45, 2.75) is 51.0 Å². The van der Waals surface area contributed by atoms with E-state index in [1.54, 1.807) is 0 Å². The molecule has 1 N–H and O–H groups in total. The largest absolute Gasteiger partial charge is 0.468 e. The van der Waals surface area contributed by atoms with E-state index in [9.17, 15) is 14.4 Å². The zero-order chi connectivity index (χ0) is 15.2. The molecule has 118 valence electrons. The molecule has 0 aromatic rings. The number of likely N-dealkylation sites (tertiary alicyclic amines) is 1. The van der Waals surface area contributed by atoms with E-state index in [2.05, 4.69) is 10.1 Å². The normalized spacial score (nSPS) is 23.8. The first-order chi connectivity index (χ1) is 10.1. The maximum Gasteiger partial charge on any atom is 0.325 e. The van der Waals surface area contributed by atoms with Crippen LogP contribution in [0.15, 0.2) is 0 Å². The Morgan fingerprint density at radius 1 is 1.24 bits per heavy atom. The highest BCUT2D eigenvalue weighted by Gasteiger charge is 2.37. The molecule has 0 radical (unpaired) electrons. The fourth-order valence-electron chi connectivity index (χ4n) is 3.21. The van der Waals surface area contributed by atoms with E-state index < -0.39 is 5.97 Å². The highest BCUT2D eigenvalue weighted by Crippen LogP contribution is 2.28. The third kappa shape index (κ3) is 4.19. The molecule has 21 heavy (non-hydrogen) atoms. The molecule has 1 aliphatic heterocycles. The van der Waals surface area contributed by atoms with Crippen molar-refractivity contribution >= 4 is 17.8 Å². The maximum absolute atomic E-state index is 12.1. The highest BCUT2D eigenvalue weighted by atomic mass is 16.5. The van der Waals surface area contributed by atoms with E-state index in [1.807, 2.05) is 4.90 Å². The average molecular weight is 296 g/mol. The molecule has 1 atom stereocenters. The Kier molecular flexibility index (Phi) is 5.59. The van der Waals surface area contributed by atoms with Gasteiger partial charge in [0, 0.05) is 19.0 Å². The van der Waals surface area contributed by atoms with Gasteiger partial charge in [-0.15, -0.1) is 0 Å². The first kappa shape index (κ1) is 15.8. The van der Waals surface area contributed by atoms with Crippen LogP contribution in [0.2, 0.25) is 0 Å². The highest BCUT2D eigenvalue weighted by molar-refractivity contribution is 5.90. The minimum Gasteiger partial charge on any atom is -0.468 e. The Morgan fingerprint density at radius 2 is 1.90 bits per heavy atom. The second kappa shape index (κ2) is 7.43. The summed E-state index contributed by atoms with van der Waals surface area (Å²) >= 11 is 0. The van der Waals surface area contributed by atoms with Crippen molar-refractivity contribution in [3.63, 3.8) is 0 Å². The van der Waals surface area contributed by atoms with E-state index in [0.29, 0.717) is 12.6 Å². The smallest absolute Gasteiger partial charge is 0.325 e. The van der Waals surface area contributed by atoms with E-state index in [0.717, 1.165) is 25.7 Å². The average Bonchev–Trinajstić information content (AvgIpc) is 2.71. The number of nitrogens with zero attached hydrogens (tertiary/aromatic N) is 1. The molecule has 1 aliphatic carbocycles. The van der Waals surface area contributed by atoms with Gasteiger partial charge in [-0.05, 0) is 12.8 Å². The van der Waals surface area contributed by atoms with Crippen molar-refractivity contribution in [3.05, 3.63) is 0 Å². The van der Waals surface area contributed by atoms with Gasteiger partial charge in [-0.25, -0.2) is 0 Å². The number of carbonyl (C=O) groups is 3. The van der Waals surface area contributed by atoms with Gasteiger partial charge in [-0.1, -0.05) is 25.7 Å². The molecule has 2 amide bonds. The number of esters is 1. The Labute approximate surface area is 125 Å². The van der Waals surface area contributed by atoms with Crippen LogP contribution < -0.4 is 5.32 Å². The van der Waals surface area contributed by atoms with Crippen molar-refractivity contribution in [2.24, 2.45) is 5.92 Å². The van der Waals surface area contributed by atoms with E-state index >= 15 is 0 Å². The molecule has 1 unspecified atom stereocenters. The van der Waals surface area contributed by atoms with Crippen LogP contribution in [0.5, 0.6) is 0 Å². The summed E-state index contributed by atoms with van der Waals surface area (Å²) in [4.78, 5) is 37.1. The molecular weight excluding hydrogens is 272 g/mol.